The van der Waals surface area contributed by atoms with Gasteiger partial charge in [0, 0.05) is 13.6 Å². The van der Waals surface area contributed by atoms with Crippen molar-refractivity contribution >= 4 is 11.8 Å². The third-order valence-electron chi connectivity index (χ3n) is 3.17. The Kier molecular flexibility index (Phi) is 4.16. The number of amides is 2. The maximum absolute atomic E-state index is 11.7. The predicted octanol–water partition coefficient (Wildman–Crippen LogP) is 0.932. The molecule has 19 heavy (non-hydrogen) atoms. The number of hydrogen-bond donors (Lipinski definition) is 1. The fourth-order valence-electron chi connectivity index (χ4n) is 2.03. The van der Waals surface area contributed by atoms with E-state index in [-0.39, 0.29) is 18.2 Å². The number of imide groups is 1. The first-order valence-electron chi connectivity index (χ1n) is 6.37. The van der Waals surface area contributed by atoms with Gasteiger partial charge in [-0.15, -0.1) is 0 Å². The van der Waals surface area contributed by atoms with E-state index < -0.39 is 6.04 Å². The van der Waals surface area contributed by atoms with Gasteiger partial charge >= 0.3 is 0 Å². The van der Waals surface area contributed by atoms with Crippen LogP contribution in [0.4, 0.5) is 0 Å². The lowest BCUT2D eigenvalue weighted by molar-refractivity contribution is -0.137. The molecule has 1 fully saturated rings. The summed E-state index contributed by atoms with van der Waals surface area (Å²) >= 11 is 0. The lowest BCUT2D eigenvalue weighted by atomic mass is 10.2. The van der Waals surface area contributed by atoms with Crippen LogP contribution in [0, 0.1) is 0 Å². The summed E-state index contributed by atoms with van der Waals surface area (Å²) in [5.74, 6) is 0.545. The van der Waals surface area contributed by atoms with Crippen LogP contribution in [0.2, 0.25) is 0 Å². The molecule has 1 heterocycles. The Morgan fingerprint density at radius 2 is 2.00 bits per heavy atom. The molecule has 0 radical (unpaired) electrons. The van der Waals surface area contributed by atoms with Crippen molar-refractivity contribution < 1.29 is 14.3 Å². The number of hydrogen-bond acceptors (Lipinski definition) is 4. The van der Waals surface area contributed by atoms with Gasteiger partial charge in [0.25, 0.3) is 0 Å². The second-order valence-corrected chi connectivity index (χ2v) is 4.51. The van der Waals surface area contributed by atoms with Gasteiger partial charge < -0.3 is 10.1 Å². The summed E-state index contributed by atoms with van der Waals surface area (Å²) in [6.45, 7) is 3.14. The van der Waals surface area contributed by atoms with Crippen LogP contribution in [0.5, 0.6) is 5.75 Å². The SMILES string of the molecule is CCOc1ccc(CNC2CC(=O)N(C)C2=O)cc1. The van der Waals surface area contributed by atoms with E-state index in [0.717, 1.165) is 11.3 Å². The summed E-state index contributed by atoms with van der Waals surface area (Å²) < 4.78 is 5.36. The predicted molar refractivity (Wildman–Crippen MR) is 70.6 cm³/mol. The molecule has 0 aliphatic carbocycles. The molecule has 1 aromatic carbocycles. The van der Waals surface area contributed by atoms with Crippen LogP contribution in [0.25, 0.3) is 0 Å². The Morgan fingerprint density at radius 1 is 1.32 bits per heavy atom. The number of nitrogens with one attached hydrogen (secondary N) is 1. The Morgan fingerprint density at radius 3 is 2.53 bits per heavy atom. The Bertz CT molecular complexity index is 470. The van der Waals surface area contributed by atoms with Gasteiger partial charge in [-0.05, 0) is 24.6 Å². The Labute approximate surface area is 112 Å². The van der Waals surface area contributed by atoms with Crippen LogP contribution in [-0.4, -0.2) is 36.4 Å². The van der Waals surface area contributed by atoms with E-state index in [0.29, 0.717) is 13.2 Å². The molecule has 0 saturated carbocycles. The zero-order valence-corrected chi connectivity index (χ0v) is 11.2. The van der Waals surface area contributed by atoms with E-state index in [4.69, 9.17) is 4.74 Å². The van der Waals surface area contributed by atoms with Gasteiger partial charge in [-0.2, -0.15) is 0 Å². The summed E-state index contributed by atoms with van der Waals surface area (Å²) in [7, 11) is 1.52. The number of nitrogens with zero attached hydrogens (tertiary/aromatic N) is 1. The van der Waals surface area contributed by atoms with Crippen LogP contribution >= 0.6 is 0 Å². The minimum atomic E-state index is -0.399. The van der Waals surface area contributed by atoms with Gasteiger partial charge in [0.05, 0.1) is 19.1 Å². The Balaban J connectivity index is 1.89. The summed E-state index contributed by atoms with van der Waals surface area (Å²) in [5.41, 5.74) is 1.05. The molecule has 1 N–H and O–H groups in total. The first kappa shape index (κ1) is 13.5. The third-order valence-corrected chi connectivity index (χ3v) is 3.17. The Hall–Kier alpha value is -1.88. The smallest absolute Gasteiger partial charge is 0.246 e. The van der Waals surface area contributed by atoms with Gasteiger partial charge in [0.2, 0.25) is 11.8 Å². The number of carbonyl (C=O) groups is 2. The monoisotopic (exact) mass is 262 g/mol. The second-order valence-electron chi connectivity index (χ2n) is 4.51. The molecule has 0 bridgehead atoms. The summed E-state index contributed by atoms with van der Waals surface area (Å²) in [5, 5.41) is 3.11. The van der Waals surface area contributed by atoms with E-state index in [9.17, 15) is 9.59 Å². The van der Waals surface area contributed by atoms with Gasteiger partial charge in [-0.1, -0.05) is 12.1 Å². The molecule has 1 atom stereocenters. The fourth-order valence-corrected chi connectivity index (χ4v) is 2.03. The van der Waals surface area contributed by atoms with Gasteiger partial charge in [-0.3, -0.25) is 14.5 Å². The van der Waals surface area contributed by atoms with Crippen molar-refractivity contribution in [3.8, 4) is 5.75 Å². The molecule has 2 amide bonds. The van der Waals surface area contributed by atoms with E-state index in [1.54, 1.807) is 0 Å². The van der Waals surface area contributed by atoms with Crippen molar-refractivity contribution in [2.45, 2.75) is 25.9 Å². The number of ether oxygens (including phenoxy) is 1. The fraction of sp³-hybridized carbons (Fsp3) is 0.429. The standard InChI is InChI=1S/C14H18N2O3/c1-3-19-11-6-4-10(5-7-11)9-15-12-8-13(17)16(2)14(12)18/h4-7,12,15H,3,8-9H2,1-2H3. The number of likely N-dealkylation sites (tertiary alicyclic amines) is 1. The minimum Gasteiger partial charge on any atom is -0.494 e. The summed E-state index contributed by atoms with van der Waals surface area (Å²) in [4.78, 5) is 24.2. The summed E-state index contributed by atoms with van der Waals surface area (Å²) in [6, 6.07) is 7.29. The van der Waals surface area contributed by atoms with Gasteiger partial charge in [0.15, 0.2) is 0 Å². The molecule has 1 unspecified atom stereocenters. The van der Waals surface area contributed by atoms with Gasteiger partial charge in [0.1, 0.15) is 5.75 Å². The molecular formula is C14H18N2O3. The third kappa shape index (κ3) is 3.12. The normalized spacial score (nSPS) is 19.1. The van der Waals surface area contributed by atoms with Crippen LogP contribution < -0.4 is 10.1 Å². The van der Waals surface area contributed by atoms with Crippen LogP contribution in [0.1, 0.15) is 18.9 Å². The van der Waals surface area contributed by atoms with Crippen LogP contribution in [-0.2, 0) is 16.1 Å². The lowest BCUT2D eigenvalue weighted by Crippen LogP contribution is -2.36. The molecule has 5 nitrogen and oxygen atoms in total. The highest BCUT2D eigenvalue weighted by molar-refractivity contribution is 6.05. The number of carbonyl (C=O) groups excluding carboxylic acids is 2. The highest BCUT2D eigenvalue weighted by Crippen LogP contribution is 2.14. The molecular weight excluding hydrogens is 244 g/mol. The van der Waals surface area contributed by atoms with Crippen molar-refractivity contribution in [2.24, 2.45) is 0 Å². The van der Waals surface area contributed by atoms with E-state index in [1.165, 1.54) is 11.9 Å². The maximum atomic E-state index is 11.7. The molecule has 1 aliphatic rings. The van der Waals surface area contributed by atoms with E-state index in [2.05, 4.69) is 5.32 Å². The minimum absolute atomic E-state index is 0.130. The van der Waals surface area contributed by atoms with Gasteiger partial charge in [-0.25, -0.2) is 0 Å². The van der Waals surface area contributed by atoms with Crippen LogP contribution in [0.3, 0.4) is 0 Å². The molecule has 102 valence electrons. The van der Waals surface area contributed by atoms with Crippen molar-refractivity contribution in [3.63, 3.8) is 0 Å². The molecule has 0 spiro atoms. The average Bonchev–Trinajstić information content (AvgIpc) is 2.66. The zero-order valence-electron chi connectivity index (χ0n) is 11.2. The first-order chi connectivity index (χ1) is 9.11. The molecule has 1 aromatic rings. The molecule has 1 aliphatic heterocycles. The highest BCUT2D eigenvalue weighted by atomic mass is 16.5. The molecule has 1 saturated heterocycles. The molecule has 0 aromatic heterocycles. The van der Waals surface area contributed by atoms with Crippen molar-refractivity contribution in [1.29, 1.82) is 0 Å². The topological polar surface area (TPSA) is 58.6 Å². The maximum Gasteiger partial charge on any atom is 0.246 e. The quantitative estimate of drug-likeness (QED) is 0.802. The zero-order chi connectivity index (χ0) is 13.8. The van der Waals surface area contributed by atoms with E-state index in [1.807, 2.05) is 31.2 Å². The molecule has 5 heteroatoms. The number of rotatable bonds is 5. The largest absolute Gasteiger partial charge is 0.494 e. The second kappa shape index (κ2) is 5.84. The lowest BCUT2D eigenvalue weighted by Gasteiger charge is -2.11. The highest BCUT2D eigenvalue weighted by Gasteiger charge is 2.35. The van der Waals surface area contributed by atoms with Crippen molar-refractivity contribution in [2.75, 3.05) is 13.7 Å². The average molecular weight is 262 g/mol. The van der Waals surface area contributed by atoms with E-state index >= 15 is 0 Å². The van der Waals surface area contributed by atoms with Crippen LogP contribution in [0.15, 0.2) is 24.3 Å². The number of benzene rings is 1. The van der Waals surface area contributed by atoms with Crippen molar-refractivity contribution in [3.05, 3.63) is 29.8 Å². The number of likely N-dealkylation sites (N-methyl/N-ethyl adjacent to an activating group) is 1. The van der Waals surface area contributed by atoms with Crippen molar-refractivity contribution in [1.82, 2.24) is 10.2 Å². The molecule has 2 rings (SSSR count). The first-order valence-corrected chi connectivity index (χ1v) is 6.37. The summed E-state index contributed by atoms with van der Waals surface area (Å²) in [6.07, 6.45) is 0.242.